The minimum Gasteiger partial charge on any atom is -0.462 e. The molecule has 1 aliphatic heterocycles. The van der Waals surface area contributed by atoms with Gasteiger partial charge >= 0.3 is 11.9 Å². The molecule has 4 rings (SSSR count). The molecule has 1 N–H and O–H groups in total. The summed E-state index contributed by atoms with van der Waals surface area (Å²) in [4.78, 5) is 36.0. The summed E-state index contributed by atoms with van der Waals surface area (Å²) >= 11 is 0. The zero-order valence-corrected chi connectivity index (χ0v) is 26.9. The van der Waals surface area contributed by atoms with Crippen molar-refractivity contribution in [3.05, 3.63) is 108 Å². The molecule has 1 amide bonds. The molecule has 3 aromatic carbocycles. The molecule has 0 spiro atoms. The Morgan fingerprint density at radius 3 is 1.77 bits per heavy atom. The molecule has 0 aromatic heterocycles. The largest absolute Gasteiger partial charge is 0.462 e. The molecule has 6 atom stereocenters. The molecular formula is C36H43NO10. The van der Waals surface area contributed by atoms with Crippen LogP contribution in [0.2, 0.25) is 0 Å². The smallest absolute Gasteiger partial charge is 0.303 e. The minimum absolute atomic E-state index is 0.118. The van der Waals surface area contributed by atoms with Gasteiger partial charge in [-0.05, 0) is 16.7 Å². The molecule has 0 saturated carbocycles. The predicted octanol–water partition coefficient (Wildman–Crippen LogP) is 4.12. The number of carbonyl (C=O) groups is 3. The second kappa shape index (κ2) is 18.9. The number of nitrogens with one attached hydrogen (secondary N) is 1. The Balaban J connectivity index is 1.63. The number of benzene rings is 3. The number of carbonyl (C=O) groups excluding carboxylic acids is 3. The molecule has 47 heavy (non-hydrogen) atoms. The average Bonchev–Trinajstić information content (AvgIpc) is 3.06. The molecule has 11 nitrogen and oxygen atoms in total. The molecule has 1 aliphatic rings. The Bertz CT molecular complexity index is 1370. The molecule has 252 valence electrons. The van der Waals surface area contributed by atoms with Crippen molar-refractivity contribution in [2.24, 2.45) is 0 Å². The Morgan fingerprint density at radius 2 is 1.23 bits per heavy atom. The molecule has 0 radical (unpaired) electrons. The summed E-state index contributed by atoms with van der Waals surface area (Å²) in [5.41, 5.74) is 2.81. The SMILES string of the molecule is CC(=O)N[C@@H]1[C@@H](OCc2ccccc2)O[C@H](COCc2ccccc2)[C@@H](OCc2ccccc2)[C@@H]1OCC(COC(C)=O)OC(C)=O. The van der Waals surface area contributed by atoms with Crippen LogP contribution in [0, 0.1) is 0 Å². The maximum atomic E-state index is 12.6. The molecule has 1 saturated heterocycles. The molecule has 0 aliphatic carbocycles. The van der Waals surface area contributed by atoms with Crippen LogP contribution in [0.15, 0.2) is 91.0 Å². The number of rotatable bonds is 17. The van der Waals surface area contributed by atoms with Gasteiger partial charge in [0.1, 0.15) is 31.0 Å². The maximum Gasteiger partial charge on any atom is 0.303 e. The van der Waals surface area contributed by atoms with E-state index in [0.717, 1.165) is 16.7 Å². The van der Waals surface area contributed by atoms with Gasteiger partial charge in [-0.3, -0.25) is 14.4 Å². The van der Waals surface area contributed by atoms with Crippen molar-refractivity contribution in [3.8, 4) is 0 Å². The van der Waals surface area contributed by atoms with Crippen molar-refractivity contribution in [3.63, 3.8) is 0 Å². The van der Waals surface area contributed by atoms with Crippen LogP contribution < -0.4 is 5.32 Å². The quantitative estimate of drug-likeness (QED) is 0.214. The van der Waals surface area contributed by atoms with Crippen LogP contribution in [0.3, 0.4) is 0 Å². The molecule has 1 unspecified atom stereocenters. The van der Waals surface area contributed by atoms with E-state index in [2.05, 4.69) is 5.32 Å². The van der Waals surface area contributed by atoms with Crippen LogP contribution in [-0.4, -0.2) is 74.4 Å². The summed E-state index contributed by atoms with van der Waals surface area (Å²) in [6, 6.07) is 28.1. The topological polar surface area (TPSA) is 128 Å². The highest BCUT2D eigenvalue weighted by Crippen LogP contribution is 2.29. The van der Waals surface area contributed by atoms with E-state index in [-0.39, 0.29) is 38.9 Å². The summed E-state index contributed by atoms with van der Waals surface area (Å²) in [5, 5.41) is 2.94. The maximum absolute atomic E-state index is 12.6. The summed E-state index contributed by atoms with van der Waals surface area (Å²) in [5.74, 6) is -1.43. The van der Waals surface area contributed by atoms with Gasteiger partial charge in [-0.2, -0.15) is 0 Å². The zero-order chi connectivity index (χ0) is 33.4. The number of hydrogen-bond donors (Lipinski definition) is 1. The molecule has 1 fully saturated rings. The molecule has 0 bridgehead atoms. The van der Waals surface area contributed by atoms with Crippen LogP contribution in [0.25, 0.3) is 0 Å². The second-order valence-electron chi connectivity index (χ2n) is 11.2. The van der Waals surface area contributed by atoms with Crippen molar-refractivity contribution in [1.82, 2.24) is 5.32 Å². The van der Waals surface area contributed by atoms with E-state index in [4.69, 9.17) is 33.2 Å². The van der Waals surface area contributed by atoms with E-state index >= 15 is 0 Å². The Hall–Kier alpha value is -4.13. The summed E-state index contributed by atoms with van der Waals surface area (Å²) in [6.45, 7) is 4.40. The third-order valence-electron chi connectivity index (χ3n) is 7.23. The van der Waals surface area contributed by atoms with Crippen LogP contribution in [0.4, 0.5) is 0 Å². The fourth-order valence-corrected chi connectivity index (χ4v) is 5.13. The Labute approximate surface area is 275 Å². The van der Waals surface area contributed by atoms with Gasteiger partial charge in [-0.15, -0.1) is 0 Å². The standard InChI is InChI=1S/C36H43NO10/c1-25(38)37-33-35(44-23-31(46-27(3)40)22-42-26(2)39)34(43-20-29-15-9-5-10-16-29)32(24-41-19-28-13-7-4-8-14-28)47-36(33)45-21-30-17-11-6-12-18-30/h4-18,31-36H,19-24H2,1-3H3,(H,37,38)/t31?,32-,33+,34-,35-,36+/m1/s1. The van der Waals surface area contributed by atoms with E-state index in [9.17, 15) is 14.4 Å². The summed E-state index contributed by atoms with van der Waals surface area (Å²) in [7, 11) is 0. The molecular weight excluding hydrogens is 606 g/mol. The van der Waals surface area contributed by atoms with Crippen molar-refractivity contribution in [2.75, 3.05) is 19.8 Å². The molecule has 1 heterocycles. The normalized spacial score (nSPS) is 21.4. The third-order valence-corrected chi connectivity index (χ3v) is 7.23. The average molecular weight is 650 g/mol. The van der Waals surface area contributed by atoms with Gasteiger partial charge < -0.3 is 38.5 Å². The van der Waals surface area contributed by atoms with E-state index in [0.29, 0.717) is 6.61 Å². The van der Waals surface area contributed by atoms with Gasteiger partial charge in [-0.25, -0.2) is 0 Å². The van der Waals surface area contributed by atoms with Crippen LogP contribution in [-0.2, 0) is 67.4 Å². The first-order valence-electron chi connectivity index (χ1n) is 15.6. The van der Waals surface area contributed by atoms with Crippen LogP contribution in [0.5, 0.6) is 0 Å². The van der Waals surface area contributed by atoms with E-state index in [1.54, 1.807) is 0 Å². The van der Waals surface area contributed by atoms with E-state index < -0.39 is 48.7 Å². The lowest BCUT2D eigenvalue weighted by Crippen LogP contribution is -2.66. The molecule has 11 heteroatoms. The minimum atomic E-state index is -0.966. The fourth-order valence-electron chi connectivity index (χ4n) is 5.13. The first kappa shape index (κ1) is 35.7. The first-order chi connectivity index (χ1) is 22.8. The first-order valence-corrected chi connectivity index (χ1v) is 15.6. The number of ether oxygens (including phenoxy) is 7. The molecule has 3 aromatic rings. The van der Waals surface area contributed by atoms with Crippen molar-refractivity contribution >= 4 is 17.8 Å². The highest BCUT2D eigenvalue weighted by atomic mass is 16.7. The van der Waals surface area contributed by atoms with Gasteiger partial charge in [0.25, 0.3) is 0 Å². The van der Waals surface area contributed by atoms with Crippen LogP contribution in [0.1, 0.15) is 37.5 Å². The predicted molar refractivity (Wildman–Crippen MR) is 171 cm³/mol. The van der Waals surface area contributed by atoms with E-state index in [1.165, 1.54) is 20.8 Å². The van der Waals surface area contributed by atoms with Gasteiger partial charge in [0.15, 0.2) is 12.4 Å². The van der Waals surface area contributed by atoms with Crippen molar-refractivity contribution in [2.45, 2.75) is 77.3 Å². The number of amides is 1. The van der Waals surface area contributed by atoms with E-state index in [1.807, 2.05) is 91.0 Å². The number of hydrogen-bond acceptors (Lipinski definition) is 10. The summed E-state index contributed by atoms with van der Waals surface area (Å²) < 4.78 is 42.4. The van der Waals surface area contributed by atoms with Crippen molar-refractivity contribution in [1.29, 1.82) is 0 Å². The Kier molecular flexibility index (Phi) is 14.3. The lowest BCUT2D eigenvalue weighted by Gasteiger charge is -2.46. The van der Waals surface area contributed by atoms with Gasteiger partial charge in [-0.1, -0.05) is 91.0 Å². The Morgan fingerprint density at radius 1 is 0.681 bits per heavy atom. The second-order valence-corrected chi connectivity index (χ2v) is 11.2. The lowest BCUT2D eigenvalue weighted by atomic mass is 9.95. The van der Waals surface area contributed by atoms with Crippen LogP contribution >= 0.6 is 0 Å². The monoisotopic (exact) mass is 649 g/mol. The van der Waals surface area contributed by atoms with Gasteiger partial charge in [0.2, 0.25) is 5.91 Å². The van der Waals surface area contributed by atoms with Gasteiger partial charge in [0.05, 0.1) is 33.0 Å². The lowest BCUT2D eigenvalue weighted by molar-refractivity contribution is -0.294. The van der Waals surface area contributed by atoms with Crippen molar-refractivity contribution < 1.29 is 47.5 Å². The highest BCUT2D eigenvalue weighted by molar-refractivity contribution is 5.73. The highest BCUT2D eigenvalue weighted by Gasteiger charge is 2.49. The fraction of sp³-hybridized carbons (Fsp3) is 0.417. The van der Waals surface area contributed by atoms with Gasteiger partial charge in [0, 0.05) is 20.8 Å². The summed E-state index contributed by atoms with van der Waals surface area (Å²) in [6.07, 6.45) is -4.21. The number of esters is 2. The zero-order valence-electron chi connectivity index (χ0n) is 26.9. The third kappa shape index (κ3) is 12.2.